The van der Waals surface area contributed by atoms with Crippen LogP contribution in [0.1, 0.15) is 15.9 Å². The summed E-state index contributed by atoms with van der Waals surface area (Å²) >= 11 is 6.08. The van der Waals surface area contributed by atoms with Crippen molar-refractivity contribution in [2.75, 3.05) is 10.6 Å². The fourth-order valence-corrected chi connectivity index (χ4v) is 2.52. The second kappa shape index (κ2) is 7.67. The van der Waals surface area contributed by atoms with Gasteiger partial charge < -0.3 is 10.6 Å². The predicted octanol–water partition coefficient (Wildman–Crippen LogP) is 5.46. The summed E-state index contributed by atoms with van der Waals surface area (Å²) in [4.78, 5) is 16.3. The van der Waals surface area contributed by atoms with E-state index in [9.17, 15) is 18.0 Å². The van der Waals surface area contributed by atoms with Crippen LogP contribution < -0.4 is 10.6 Å². The highest BCUT2D eigenvalue weighted by Gasteiger charge is 2.16. The first-order valence-corrected chi connectivity index (χ1v) is 8.16. The summed E-state index contributed by atoms with van der Waals surface area (Å²) in [5, 5.41) is 5.87. The highest BCUT2D eigenvalue weighted by atomic mass is 35.5. The minimum Gasteiger partial charge on any atom is -0.354 e. The number of aromatic nitrogens is 1. The van der Waals surface area contributed by atoms with Crippen LogP contribution in [0.5, 0.6) is 0 Å². The van der Waals surface area contributed by atoms with Crippen LogP contribution in [0.25, 0.3) is 0 Å². The van der Waals surface area contributed by atoms with E-state index in [1.54, 1.807) is 12.1 Å². The maximum atomic E-state index is 13.7. The van der Waals surface area contributed by atoms with Crippen molar-refractivity contribution in [2.24, 2.45) is 0 Å². The number of pyridine rings is 1. The molecule has 0 spiro atoms. The Balaban J connectivity index is 1.82. The zero-order valence-electron chi connectivity index (χ0n) is 14.0. The fourth-order valence-electron chi connectivity index (χ4n) is 2.35. The minimum atomic E-state index is -1.65. The second-order valence-corrected chi connectivity index (χ2v) is 6.08. The molecule has 0 saturated heterocycles. The molecule has 0 radical (unpaired) electrons. The Morgan fingerprint density at radius 1 is 1.04 bits per heavy atom. The zero-order chi connectivity index (χ0) is 19.6. The molecule has 0 aliphatic rings. The van der Waals surface area contributed by atoms with Gasteiger partial charge in [-0.2, -0.15) is 0 Å². The number of benzene rings is 2. The van der Waals surface area contributed by atoms with E-state index in [1.165, 1.54) is 18.5 Å². The Labute approximate surface area is 158 Å². The molecular formula is C19H13ClF3N3O. The molecule has 27 heavy (non-hydrogen) atoms. The summed E-state index contributed by atoms with van der Waals surface area (Å²) in [5.41, 5.74) is 1.68. The van der Waals surface area contributed by atoms with Crippen LogP contribution in [-0.2, 0) is 0 Å². The lowest BCUT2D eigenvalue weighted by Gasteiger charge is -2.12. The highest BCUT2D eigenvalue weighted by Crippen LogP contribution is 2.26. The first kappa shape index (κ1) is 18.7. The minimum absolute atomic E-state index is 0.101. The van der Waals surface area contributed by atoms with Crippen molar-refractivity contribution < 1.29 is 18.0 Å². The quantitative estimate of drug-likeness (QED) is 0.581. The lowest BCUT2D eigenvalue weighted by atomic mass is 10.2. The van der Waals surface area contributed by atoms with Gasteiger partial charge in [-0.15, -0.1) is 0 Å². The predicted molar refractivity (Wildman–Crippen MR) is 98.0 cm³/mol. The molecule has 0 aliphatic heterocycles. The van der Waals surface area contributed by atoms with Crippen LogP contribution >= 0.6 is 11.6 Å². The van der Waals surface area contributed by atoms with Crippen molar-refractivity contribution in [2.45, 2.75) is 6.92 Å². The van der Waals surface area contributed by atoms with Crippen molar-refractivity contribution in [1.29, 1.82) is 0 Å². The maximum Gasteiger partial charge on any atom is 0.257 e. The zero-order valence-corrected chi connectivity index (χ0v) is 14.7. The molecular weight excluding hydrogens is 379 g/mol. The number of amides is 1. The Bertz CT molecular complexity index is 1030. The van der Waals surface area contributed by atoms with E-state index in [0.29, 0.717) is 10.7 Å². The molecule has 1 amide bonds. The molecule has 2 N–H and O–H groups in total. The van der Waals surface area contributed by atoms with E-state index < -0.39 is 29.0 Å². The van der Waals surface area contributed by atoms with Gasteiger partial charge in [0.25, 0.3) is 5.91 Å². The fraction of sp³-hybridized carbons (Fsp3) is 0.0526. The number of hydrogen-bond acceptors (Lipinski definition) is 3. The molecule has 0 fully saturated rings. The Morgan fingerprint density at radius 2 is 1.81 bits per heavy atom. The Kier molecular flexibility index (Phi) is 5.32. The Hall–Kier alpha value is -3.06. The summed E-state index contributed by atoms with van der Waals surface area (Å²) in [7, 11) is 0. The lowest BCUT2D eigenvalue weighted by Crippen LogP contribution is -2.14. The average molecular weight is 392 g/mol. The van der Waals surface area contributed by atoms with Crippen molar-refractivity contribution in [1.82, 2.24) is 4.98 Å². The molecule has 0 aliphatic carbocycles. The van der Waals surface area contributed by atoms with Gasteiger partial charge >= 0.3 is 0 Å². The standard InChI is InChI=1S/C19H13ClF3N3O/c1-10-13(20)3-2-4-15(10)25-12-7-11(8-24-9-12)19(27)26-16-6-5-14(21)17(22)18(16)23/h2-9,25H,1H3,(H,26,27). The molecule has 0 unspecified atom stereocenters. The number of rotatable bonds is 4. The molecule has 2 aromatic carbocycles. The van der Waals surface area contributed by atoms with Gasteiger partial charge in [-0.3, -0.25) is 9.78 Å². The van der Waals surface area contributed by atoms with Crippen molar-refractivity contribution in [3.05, 3.63) is 82.4 Å². The number of carbonyl (C=O) groups excluding carboxylic acids is 1. The molecule has 0 saturated carbocycles. The van der Waals surface area contributed by atoms with Crippen LogP contribution in [0.3, 0.4) is 0 Å². The number of nitrogens with zero attached hydrogens (tertiary/aromatic N) is 1. The van der Waals surface area contributed by atoms with Gasteiger partial charge in [-0.05, 0) is 42.8 Å². The third-order valence-corrected chi connectivity index (χ3v) is 4.24. The van der Waals surface area contributed by atoms with Gasteiger partial charge in [0.2, 0.25) is 0 Å². The normalized spacial score (nSPS) is 10.6. The first-order chi connectivity index (χ1) is 12.9. The van der Waals surface area contributed by atoms with E-state index >= 15 is 0 Å². The summed E-state index contributed by atoms with van der Waals surface area (Å²) < 4.78 is 40.0. The largest absolute Gasteiger partial charge is 0.354 e. The number of halogens is 4. The van der Waals surface area contributed by atoms with Crippen LogP contribution in [-0.4, -0.2) is 10.9 Å². The lowest BCUT2D eigenvalue weighted by molar-refractivity contribution is 0.102. The number of hydrogen-bond donors (Lipinski definition) is 2. The molecule has 1 aromatic heterocycles. The maximum absolute atomic E-state index is 13.7. The summed E-state index contributed by atoms with van der Waals surface area (Å²) in [6, 6.07) is 8.49. The van der Waals surface area contributed by atoms with Crippen LogP contribution in [0, 0.1) is 24.4 Å². The van der Waals surface area contributed by atoms with Gasteiger partial charge in [-0.25, -0.2) is 13.2 Å². The Morgan fingerprint density at radius 3 is 2.59 bits per heavy atom. The van der Waals surface area contributed by atoms with Crippen molar-refractivity contribution in [3.63, 3.8) is 0 Å². The van der Waals surface area contributed by atoms with Crippen LogP contribution in [0.15, 0.2) is 48.8 Å². The second-order valence-electron chi connectivity index (χ2n) is 5.68. The molecule has 4 nitrogen and oxygen atoms in total. The van der Waals surface area contributed by atoms with Gasteiger partial charge in [0.1, 0.15) is 0 Å². The molecule has 3 aromatic rings. The average Bonchev–Trinajstić information content (AvgIpc) is 2.66. The molecule has 0 atom stereocenters. The van der Waals surface area contributed by atoms with Crippen LogP contribution in [0.2, 0.25) is 5.02 Å². The van der Waals surface area contributed by atoms with E-state index in [1.807, 2.05) is 13.0 Å². The smallest absolute Gasteiger partial charge is 0.257 e. The van der Waals surface area contributed by atoms with E-state index in [4.69, 9.17) is 11.6 Å². The third kappa shape index (κ3) is 4.03. The van der Waals surface area contributed by atoms with E-state index in [-0.39, 0.29) is 5.56 Å². The van der Waals surface area contributed by atoms with Crippen molar-refractivity contribution >= 4 is 34.6 Å². The SMILES string of the molecule is Cc1c(Cl)cccc1Nc1cncc(C(=O)Nc2ccc(F)c(F)c2F)c1. The molecule has 3 rings (SSSR count). The third-order valence-electron chi connectivity index (χ3n) is 3.83. The highest BCUT2D eigenvalue weighted by molar-refractivity contribution is 6.31. The van der Waals surface area contributed by atoms with Gasteiger partial charge in [0.05, 0.1) is 23.1 Å². The number of nitrogens with one attached hydrogen (secondary N) is 2. The summed E-state index contributed by atoms with van der Waals surface area (Å²) in [6.45, 7) is 1.83. The van der Waals surface area contributed by atoms with Crippen LogP contribution in [0.4, 0.5) is 30.2 Å². The number of carbonyl (C=O) groups is 1. The molecule has 138 valence electrons. The number of anilines is 3. The summed E-state index contributed by atoms with van der Waals surface area (Å²) in [5.74, 6) is -5.19. The van der Waals surface area contributed by atoms with Crippen molar-refractivity contribution in [3.8, 4) is 0 Å². The molecule has 0 bridgehead atoms. The monoisotopic (exact) mass is 391 g/mol. The van der Waals surface area contributed by atoms with E-state index in [2.05, 4.69) is 15.6 Å². The topological polar surface area (TPSA) is 54.0 Å². The molecule has 1 heterocycles. The first-order valence-electron chi connectivity index (χ1n) is 7.79. The van der Waals surface area contributed by atoms with Gasteiger partial charge in [-0.1, -0.05) is 17.7 Å². The summed E-state index contributed by atoms with van der Waals surface area (Å²) in [6.07, 6.45) is 2.76. The van der Waals surface area contributed by atoms with Gasteiger partial charge in [0, 0.05) is 16.9 Å². The van der Waals surface area contributed by atoms with Gasteiger partial charge in [0.15, 0.2) is 17.5 Å². The molecule has 8 heteroatoms. The van der Waals surface area contributed by atoms with E-state index in [0.717, 1.165) is 23.4 Å².